The minimum absolute atomic E-state index is 0.0624. The number of benzene rings is 3. The highest BCUT2D eigenvalue weighted by Crippen LogP contribution is 2.41. The fourth-order valence-corrected chi connectivity index (χ4v) is 4.06. The maximum atomic E-state index is 13.2. The summed E-state index contributed by atoms with van der Waals surface area (Å²) in [4.78, 5) is 13.2. The van der Waals surface area contributed by atoms with Crippen molar-refractivity contribution in [2.75, 3.05) is 0 Å². The molecule has 0 saturated heterocycles. The molecule has 0 bridgehead atoms. The molecule has 5 aromatic carbocycles. The van der Waals surface area contributed by atoms with Gasteiger partial charge >= 0.3 is 0 Å². The standard InChI is InChI=1S/C21H11ClO/c22-20-14-9-3-1-2-8-13(14)19-18(20)15-10-4-6-12-7-5-11-16(17(12)15)21(19)23/h1-11H. The van der Waals surface area contributed by atoms with Crippen LogP contribution in [0.4, 0.5) is 0 Å². The van der Waals surface area contributed by atoms with E-state index >= 15 is 0 Å². The molecule has 0 aliphatic heterocycles. The third-order valence-electron chi connectivity index (χ3n) is 4.66. The van der Waals surface area contributed by atoms with Crippen LogP contribution < -0.4 is 5.43 Å². The van der Waals surface area contributed by atoms with E-state index in [1.807, 2.05) is 60.7 Å². The normalized spacial score (nSPS) is 11.9. The van der Waals surface area contributed by atoms with Gasteiger partial charge in [-0.25, -0.2) is 0 Å². The summed E-state index contributed by atoms with van der Waals surface area (Å²) in [5, 5.41) is 8.03. The minimum atomic E-state index is 0.0624. The molecule has 0 aliphatic carbocycles. The first kappa shape index (κ1) is 12.9. The lowest BCUT2D eigenvalue weighted by atomic mass is 9.96. The molecule has 0 N–H and O–H groups in total. The Morgan fingerprint density at radius 3 is 2.00 bits per heavy atom. The van der Waals surface area contributed by atoms with Crippen LogP contribution in [0.5, 0.6) is 0 Å². The predicted octanol–water partition coefficient (Wildman–Crippen LogP) is 5.75. The summed E-state index contributed by atoms with van der Waals surface area (Å²) >= 11 is 6.70. The van der Waals surface area contributed by atoms with Gasteiger partial charge in [-0.2, -0.15) is 0 Å². The molecule has 0 atom stereocenters. The molecule has 0 heterocycles. The average molecular weight is 315 g/mol. The van der Waals surface area contributed by atoms with Gasteiger partial charge in [0.05, 0.1) is 5.02 Å². The number of fused-ring (bicyclic) bond motifs is 4. The summed E-state index contributed by atoms with van der Waals surface area (Å²) in [5.74, 6) is 0. The fourth-order valence-electron chi connectivity index (χ4n) is 3.70. The topological polar surface area (TPSA) is 17.1 Å². The molecule has 0 fully saturated rings. The van der Waals surface area contributed by atoms with Crippen molar-refractivity contribution in [1.29, 1.82) is 0 Å². The highest BCUT2D eigenvalue weighted by atomic mass is 35.5. The molecule has 0 aromatic heterocycles. The molecule has 0 amide bonds. The van der Waals surface area contributed by atoms with Crippen LogP contribution in [-0.2, 0) is 0 Å². The molecular weight excluding hydrogens is 304 g/mol. The Bertz CT molecular complexity index is 1280. The lowest BCUT2D eigenvalue weighted by Gasteiger charge is -2.06. The molecule has 0 spiro atoms. The molecule has 0 radical (unpaired) electrons. The van der Waals surface area contributed by atoms with Crippen molar-refractivity contribution in [3.63, 3.8) is 0 Å². The van der Waals surface area contributed by atoms with Crippen LogP contribution in [0.25, 0.3) is 43.1 Å². The van der Waals surface area contributed by atoms with E-state index in [4.69, 9.17) is 11.6 Å². The van der Waals surface area contributed by atoms with E-state index in [9.17, 15) is 4.79 Å². The smallest absolute Gasteiger partial charge is 0.194 e. The molecule has 2 heteroatoms. The Morgan fingerprint density at radius 1 is 0.565 bits per heavy atom. The first-order valence-corrected chi connectivity index (χ1v) is 7.92. The molecule has 0 aliphatic rings. The van der Waals surface area contributed by atoms with E-state index in [0.29, 0.717) is 5.02 Å². The largest absolute Gasteiger partial charge is 0.289 e. The molecule has 23 heavy (non-hydrogen) atoms. The Kier molecular flexibility index (Phi) is 2.48. The summed E-state index contributed by atoms with van der Waals surface area (Å²) in [5.41, 5.74) is 0.0624. The van der Waals surface area contributed by atoms with Crippen molar-refractivity contribution in [3.8, 4) is 0 Å². The van der Waals surface area contributed by atoms with E-state index in [0.717, 1.165) is 43.1 Å². The van der Waals surface area contributed by atoms with Crippen LogP contribution in [0, 0.1) is 0 Å². The van der Waals surface area contributed by atoms with Crippen molar-refractivity contribution in [2.24, 2.45) is 0 Å². The van der Waals surface area contributed by atoms with Crippen molar-refractivity contribution in [3.05, 3.63) is 82.0 Å². The molecule has 1 nitrogen and oxygen atoms in total. The molecule has 108 valence electrons. The predicted molar refractivity (Wildman–Crippen MR) is 98.9 cm³/mol. The SMILES string of the molecule is O=c1c2cccc3cccc(c4c(Cl)c5cccccc5c14)c32. The summed E-state index contributed by atoms with van der Waals surface area (Å²) in [6, 6.07) is 21.8. The van der Waals surface area contributed by atoms with Crippen LogP contribution >= 0.6 is 11.6 Å². The van der Waals surface area contributed by atoms with Gasteiger partial charge in [0, 0.05) is 26.9 Å². The first-order chi connectivity index (χ1) is 11.3. The monoisotopic (exact) mass is 314 g/mol. The molecule has 0 unspecified atom stereocenters. The highest BCUT2D eigenvalue weighted by molar-refractivity contribution is 6.47. The molecular formula is C21H11ClO. The second-order valence-electron chi connectivity index (χ2n) is 5.84. The quantitative estimate of drug-likeness (QED) is 0.355. The van der Waals surface area contributed by atoms with Gasteiger partial charge in [-0.05, 0) is 16.2 Å². The number of hydrogen-bond acceptors (Lipinski definition) is 1. The van der Waals surface area contributed by atoms with Gasteiger partial charge in [0.15, 0.2) is 5.43 Å². The fraction of sp³-hybridized carbons (Fsp3) is 0. The minimum Gasteiger partial charge on any atom is -0.289 e. The van der Waals surface area contributed by atoms with Crippen molar-refractivity contribution < 1.29 is 0 Å². The summed E-state index contributed by atoms with van der Waals surface area (Å²) in [6.45, 7) is 0. The zero-order valence-electron chi connectivity index (χ0n) is 12.1. The molecule has 5 rings (SSSR count). The second kappa shape index (κ2) is 4.43. The van der Waals surface area contributed by atoms with E-state index in [2.05, 4.69) is 6.07 Å². The summed E-state index contributed by atoms with van der Waals surface area (Å²) < 4.78 is 0. The zero-order valence-corrected chi connectivity index (χ0v) is 12.9. The van der Waals surface area contributed by atoms with Crippen LogP contribution in [0.2, 0.25) is 5.02 Å². The van der Waals surface area contributed by atoms with Gasteiger partial charge in [-0.1, -0.05) is 78.3 Å². The number of halogens is 1. The van der Waals surface area contributed by atoms with Crippen molar-refractivity contribution >= 4 is 54.7 Å². The average Bonchev–Trinajstić information content (AvgIpc) is 2.74. The van der Waals surface area contributed by atoms with Gasteiger partial charge < -0.3 is 0 Å². The maximum absolute atomic E-state index is 13.2. The van der Waals surface area contributed by atoms with Gasteiger partial charge in [0.1, 0.15) is 0 Å². The molecule has 0 saturated carbocycles. The van der Waals surface area contributed by atoms with Gasteiger partial charge in [-0.15, -0.1) is 0 Å². The Labute approximate surface area is 137 Å². The molecule has 5 aromatic rings. The van der Waals surface area contributed by atoms with Crippen LogP contribution in [0.1, 0.15) is 0 Å². The van der Waals surface area contributed by atoms with Crippen LogP contribution in [-0.4, -0.2) is 0 Å². The zero-order chi connectivity index (χ0) is 15.6. The van der Waals surface area contributed by atoms with Crippen LogP contribution in [0.3, 0.4) is 0 Å². The lowest BCUT2D eigenvalue weighted by Crippen LogP contribution is -2.01. The third-order valence-corrected chi connectivity index (χ3v) is 5.05. The maximum Gasteiger partial charge on any atom is 0.194 e. The van der Waals surface area contributed by atoms with E-state index < -0.39 is 0 Å². The Hall–Kier alpha value is -2.64. The number of rotatable bonds is 0. The van der Waals surface area contributed by atoms with Gasteiger partial charge in [0.25, 0.3) is 0 Å². The third kappa shape index (κ3) is 1.55. The van der Waals surface area contributed by atoms with E-state index in [1.165, 1.54) is 0 Å². The second-order valence-corrected chi connectivity index (χ2v) is 6.22. The van der Waals surface area contributed by atoms with E-state index in [-0.39, 0.29) is 5.43 Å². The lowest BCUT2D eigenvalue weighted by molar-refractivity contribution is 1.76. The van der Waals surface area contributed by atoms with Gasteiger partial charge in [-0.3, -0.25) is 4.79 Å². The number of hydrogen-bond donors (Lipinski definition) is 0. The van der Waals surface area contributed by atoms with Crippen molar-refractivity contribution in [2.45, 2.75) is 0 Å². The Balaban J connectivity index is 2.28. The van der Waals surface area contributed by atoms with Crippen LogP contribution in [0.15, 0.2) is 71.5 Å². The first-order valence-electron chi connectivity index (χ1n) is 7.54. The highest BCUT2D eigenvalue weighted by Gasteiger charge is 2.18. The summed E-state index contributed by atoms with van der Waals surface area (Å²) in [7, 11) is 0. The Morgan fingerprint density at radius 2 is 1.22 bits per heavy atom. The summed E-state index contributed by atoms with van der Waals surface area (Å²) in [6.07, 6.45) is 0. The van der Waals surface area contributed by atoms with Gasteiger partial charge in [0.2, 0.25) is 0 Å². The van der Waals surface area contributed by atoms with Crippen molar-refractivity contribution in [1.82, 2.24) is 0 Å². The van der Waals surface area contributed by atoms with E-state index in [1.54, 1.807) is 0 Å².